The molecule has 0 fully saturated rings. The van der Waals surface area contributed by atoms with E-state index in [0.717, 1.165) is 11.3 Å². The van der Waals surface area contributed by atoms with Crippen LogP contribution in [0.15, 0.2) is 36.9 Å². The topological polar surface area (TPSA) is 80.1 Å². The molecule has 25 heavy (non-hydrogen) atoms. The molecule has 0 aliphatic rings. The molecule has 0 unspecified atom stereocenters. The lowest BCUT2D eigenvalue weighted by Gasteiger charge is -2.31. The number of amides is 2. The van der Waals surface area contributed by atoms with Gasteiger partial charge in [0.25, 0.3) is 0 Å². The molecular formula is C18H25N5O2. The van der Waals surface area contributed by atoms with Crippen LogP contribution >= 0.6 is 0 Å². The maximum Gasteiger partial charge on any atom is 0.245 e. The molecule has 0 spiro atoms. The number of hydrogen-bond acceptors (Lipinski definition) is 4. The van der Waals surface area contributed by atoms with Gasteiger partial charge in [-0.05, 0) is 30.5 Å². The Balaban J connectivity index is 2.13. The minimum atomic E-state index is -0.528. The second-order valence-electron chi connectivity index (χ2n) is 6.48. The molecule has 7 nitrogen and oxygen atoms in total. The van der Waals surface area contributed by atoms with Gasteiger partial charge in [-0.15, -0.1) is 0 Å². The number of likely N-dealkylation sites (N-methyl/N-ethyl adjacent to an activating group) is 1. The molecule has 2 rings (SSSR count). The van der Waals surface area contributed by atoms with Crippen LogP contribution in [0.25, 0.3) is 5.69 Å². The maximum atomic E-state index is 12.8. The largest absolute Gasteiger partial charge is 0.344 e. The number of carbonyl (C=O) groups is 2. The predicted octanol–water partition coefficient (Wildman–Crippen LogP) is 1.95. The highest BCUT2D eigenvalue weighted by Gasteiger charge is 2.28. The van der Waals surface area contributed by atoms with Crippen LogP contribution in [0, 0.1) is 5.92 Å². The third-order valence-electron chi connectivity index (χ3n) is 4.28. The fourth-order valence-corrected chi connectivity index (χ4v) is 2.61. The Bertz CT molecular complexity index is 710. The lowest BCUT2D eigenvalue weighted by atomic mass is 10.0. The standard InChI is InChI=1S/C18H25N5O2/c1-12(2)17(21-14(4)24)18(25)22(5)13(3)15-6-8-16(9-7-15)23-11-19-10-20-23/h6-13,17H,1-5H3,(H,21,24)/t13-,17+/m0/s1. The van der Waals surface area contributed by atoms with Crippen molar-refractivity contribution in [3.8, 4) is 5.69 Å². The zero-order valence-electron chi connectivity index (χ0n) is 15.3. The molecule has 0 saturated heterocycles. The van der Waals surface area contributed by atoms with Crippen molar-refractivity contribution in [3.63, 3.8) is 0 Å². The molecule has 134 valence electrons. The zero-order valence-corrected chi connectivity index (χ0v) is 15.3. The molecule has 0 saturated carbocycles. The highest BCUT2D eigenvalue weighted by Crippen LogP contribution is 2.22. The normalized spacial score (nSPS) is 13.4. The smallest absolute Gasteiger partial charge is 0.245 e. The van der Waals surface area contributed by atoms with Crippen LogP contribution in [0.2, 0.25) is 0 Å². The van der Waals surface area contributed by atoms with Crippen molar-refractivity contribution in [2.45, 2.75) is 39.8 Å². The van der Waals surface area contributed by atoms with Crippen LogP contribution in [0.4, 0.5) is 0 Å². The Morgan fingerprint density at radius 3 is 2.28 bits per heavy atom. The predicted molar refractivity (Wildman–Crippen MR) is 95.0 cm³/mol. The summed E-state index contributed by atoms with van der Waals surface area (Å²) in [7, 11) is 1.76. The minimum Gasteiger partial charge on any atom is -0.344 e. The van der Waals surface area contributed by atoms with Crippen LogP contribution in [0.3, 0.4) is 0 Å². The molecule has 7 heteroatoms. The van der Waals surface area contributed by atoms with Gasteiger partial charge in [-0.25, -0.2) is 9.67 Å². The van der Waals surface area contributed by atoms with E-state index >= 15 is 0 Å². The van der Waals surface area contributed by atoms with Crippen LogP contribution in [-0.2, 0) is 9.59 Å². The van der Waals surface area contributed by atoms with Crippen LogP contribution in [-0.4, -0.2) is 44.6 Å². The van der Waals surface area contributed by atoms with E-state index in [1.807, 2.05) is 45.0 Å². The Morgan fingerprint density at radius 2 is 1.80 bits per heavy atom. The molecule has 0 radical (unpaired) electrons. The van der Waals surface area contributed by atoms with E-state index in [2.05, 4.69) is 15.4 Å². The van der Waals surface area contributed by atoms with Gasteiger partial charge in [0, 0.05) is 14.0 Å². The van der Waals surface area contributed by atoms with E-state index in [1.54, 1.807) is 23.0 Å². The van der Waals surface area contributed by atoms with E-state index in [9.17, 15) is 9.59 Å². The zero-order chi connectivity index (χ0) is 18.6. The fourth-order valence-electron chi connectivity index (χ4n) is 2.61. The van der Waals surface area contributed by atoms with Gasteiger partial charge in [0.15, 0.2) is 0 Å². The summed E-state index contributed by atoms with van der Waals surface area (Å²) >= 11 is 0. The highest BCUT2D eigenvalue weighted by molar-refractivity contribution is 5.87. The molecule has 0 aliphatic heterocycles. The Kier molecular flexibility index (Phi) is 5.90. The average molecular weight is 343 g/mol. The Hall–Kier alpha value is -2.70. The first-order chi connectivity index (χ1) is 11.8. The van der Waals surface area contributed by atoms with Gasteiger partial charge in [0.05, 0.1) is 11.7 Å². The third kappa shape index (κ3) is 4.43. The van der Waals surface area contributed by atoms with Gasteiger partial charge >= 0.3 is 0 Å². The van der Waals surface area contributed by atoms with Crippen LogP contribution < -0.4 is 5.32 Å². The van der Waals surface area contributed by atoms with Crippen LogP contribution in [0.1, 0.15) is 39.3 Å². The lowest BCUT2D eigenvalue weighted by molar-refractivity contribution is -0.137. The van der Waals surface area contributed by atoms with E-state index in [0.29, 0.717) is 0 Å². The fraction of sp³-hybridized carbons (Fsp3) is 0.444. The second kappa shape index (κ2) is 7.92. The van der Waals surface area contributed by atoms with E-state index in [4.69, 9.17) is 0 Å². The molecule has 2 atom stereocenters. The Labute approximate surface area is 148 Å². The summed E-state index contributed by atoms with van der Waals surface area (Å²) in [4.78, 5) is 29.8. The number of aromatic nitrogens is 3. The first-order valence-corrected chi connectivity index (χ1v) is 8.30. The van der Waals surface area contributed by atoms with Crippen molar-refractivity contribution in [1.29, 1.82) is 0 Å². The molecule has 1 heterocycles. The first kappa shape index (κ1) is 18.6. The van der Waals surface area contributed by atoms with Crippen molar-refractivity contribution in [1.82, 2.24) is 25.0 Å². The highest BCUT2D eigenvalue weighted by atomic mass is 16.2. The molecule has 1 N–H and O–H groups in total. The number of benzene rings is 1. The Morgan fingerprint density at radius 1 is 1.16 bits per heavy atom. The lowest BCUT2D eigenvalue weighted by Crippen LogP contribution is -2.50. The van der Waals surface area contributed by atoms with Gasteiger partial charge in [-0.2, -0.15) is 5.10 Å². The van der Waals surface area contributed by atoms with Gasteiger partial charge in [-0.3, -0.25) is 9.59 Å². The second-order valence-corrected chi connectivity index (χ2v) is 6.48. The van der Waals surface area contributed by atoms with Crippen LogP contribution in [0.5, 0.6) is 0 Å². The van der Waals surface area contributed by atoms with Crippen molar-refractivity contribution in [2.24, 2.45) is 5.92 Å². The number of hydrogen-bond donors (Lipinski definition) is 1. The molecule has 0 bridgehead atoms. The number of carbonyl (C=O) groups excluding carboxylic acids is 2. The van der Waals surface area contributed by atoms with Crippen molar-refractivity contribution in [2.75, 3.05) is 7.05 Å². The first-order valence-electron chi connectivity index (χ1n) is 8.30. The minimum absolute atomic E-state index is 0.0146. The van der Waals surface area contributed by atoms with E-state index < -0.39 is 6.04 Å². The number of nitrogens with one attached hydrogen (secondary N) is 1. The monoisotopic (exact) mass is 343 g/mol. The summed E-state index contributed by atoms with van der Waals surface area (Å²) in [6.45, 7) is 7.23. The number of rotatable bonds is 6. The summed E-state index contributed by atoms with van der Waals surface area (Å²) in [5.41, 5.74) is 1.91. The third-order valence-corrected chi connectivity index (χ3v) is 4.28. The number of nitrogens with zero attached hydrogens (tertiary/aromatic N) is 4. The summed E-state index contributed by atoms with van der Waals surface area (Å²) in [6.07, 6.45) is 3.12. The molecule has 1 aromatic heterocycles. The van der Waals surface area contributed by atoms with Gasteiger partial charge in [0.1, 0.15) is 18.7 Å². The quantitative estimate of drug-likeness (QED) is 0.869. The SMILES string of the molecule is CC(=O)N[C@@H](C(=O)N(C)[C@@H](C)c1ccc(-n2cncn2)cc1)C(C)C. The summed E-state index contributed by atoms with van der Waals surface area (Å²) in [5, 5.41) is 6.84. The summed E-state index contributed by atoms with van der Waals surface area (Å²) in [5.74, 6) is -0.288. The molecule has 0 aliphatic carbocycles. The summed E-state index contributed by atoms with van der Waals surface area (Å²) in [6, 6.07) is 7.16. The van der Waals surface area contributed by atoms with Gasteiger partial charge in [-0.1, -0.05) is 26.0 Å². The van der Waals surface area contributed by atoms with Gasteiger partial charge < -0.3 is 10.2 Å². The molecule has 1 aromatic carbocycles. The van der Waals surface area contributed by atoms with Gasteiger partial charge in [0.2, 0.25) is 11.8 Å². The van der Waals surface area contributed by atoms with E-state index in [-0.39, 0.29) is 23.8 Å². The van der Waals surface area contributed by atoms with E-state index in [1.165, 1.54) is 13.3 Å². The maximum absolute atomic E-state index is 12.8. The molecule has 2 aromatic rings. The molecular weight excluding hydrogens is 318 g/mol. The van der Waals surface area contributed by atoms with Crippen molar-refractivity contribution >= 4 is 11.8 Å². The molecule has 2 amide bonds. The summed E-state index contributed by atoms with van der Waals surface area (Å²) < 4.78 is 1.68. The van der Waals surface area contributed by atoms with Crippen molar-refractivity contribution < 1.29 is 9.59 Å². The van der Waals surface area contributed by atoms with Crippen molar-refractivity contribution in [3.05, 3.63) is 42.5 Å². The average Bonchev–Trinajstić information content (AvgIpc) is 3.12.